The number of hydrogen-bond acceptors (Lipinski definition) is 4. The molecule has 2 aromatic heterocycles. The zero-order chi connectivity index (χ0) is 20.6. The fourth-order valence-corrected chi connectivity index (χ4v) is 4.36. The van der Waals surface area contributed by atoms with E-state index in [2.05, 4.69) is 0 Å². The van der Waals surface area contributed by atoms with Gasteiger partial charge in [-0.2, -0.15) is 0 Å². The molecule has 0 aliphatic carbocycles. The topological polar surface area (TPSA) is 78.2 Å². The van der Waals surface area contributed by atoms with Crippen LogP contribution >= 0.6 is 0 Å². The van der Waals surface area contributed by atoms with Gasteiger partial charge < -0.3 is 10.2 Å². The van der Waals surface area contributed by atoms with Crippen molar-refractivity contribution in [1.29, 1.82) is 0 Å². The number of nitrogen functional groups attached to an aromatic ring is 1. The van der Waals surface area contributed by atoms with Crippen molar-refractivity contribution in [2.45, 2.75) is 6.92 Å². The Kier molecular flexibility index (Phi) is 3.19. The van der Waals surface area contributed by atoms with Crippen LogP contribution in [0.4, 0.5) is 5.69 Å². The first-order valence-electron chi connectivity index (χ1n) is 9.66. The standard InChI is InChI=1S/C25H16N2O3/c1-13-6-7-14(12-19(13)26)27-24(28)17-9-8-16-15-4-2-3-5-20(15)30-21-11-10-18(25(27)29)22(17)23(16)21/h2-12H,26H2,1H3. The average molecular weight is 392 g/mol. The number of nitrogens with zero attached hydrogens (tertiary/aromatic N) is 1. The summed E-state index contributed by atoms with van der Waals surface area (Å²) >= 11 is 0. The Morgan fingerprint density at radius 1 is 0.733 bits per heavy atom. The van der Waals surface area contributed by atoms with Crippen molar-refractivity contribution in [1.82, 2.24) is 4.57 Å². The molecule has 0 amide bonds. The number of hydrogen-bond donors (Lipinski definition) is 1. The molecule has 30 heavy (non-hydrogen) atoms. The Hall–Kier alpha value is -4.12. The molecule has 6 aromatic rings. The van der Waals surface area contributed by atoms with Crippen molar-refractivity contribution < 1.29 is 4.42 Å². The van der Waals surface area contributed by atoms with Crippen LogP contribution < -0.4 is 16.9 Å². The van der Waals surface area contributed by atoms with Gasteiger partial charge in [0.05, 0.1) is 5.69 Å². The van der Waals surface area contributed by atoms with E-state index in [0.717, 1.165) is 27.3 Å². The lowest BCUT2D eigenvalue weighted by molar-refractivity contribution is 0.662. The van der Waals surface area contributed by atoms with Crippen LogP contribution in [0.1, 0.15) is 5.56 Å². The highest BCUT2D eigenvalue weighted by Gasteiger charge is 2.19. The molecule has 2 N–H and O–H groups in total. The van der Waals surface area contributed by atoms with Crippen LogP contribution in [0.5, 0.6) is 0 Å². The molecule has 0 atom stereocenters. The third-order valence-corrected chi connectivity index (χ3v) is 5.91. The number of aromatic nitrogens is 1. The maximum Gasteiger partial charge on any atom is 0.265 e. The minimum absolute atomic E-state index is 0.363. The summed E-state index contributed by atoms with van der Waals surface area (Å²) in [5.41, 5.74) is 8.62. The zero-order valence-electron chi connectivity index (χ0n) is 16.1. The molecular formula is C25H16N2O3. The summed E-state index contributed by atoms with van der Waals surface area (Å²) in [5.74, 6) is 0. The van der Waals surface area contributed by atoms with Crippen molar-refractivity contribution in [2.75, 3.05) is 5.73 Å². The molecule has 4 aromatic carbocycles. The summed E-state index contributed by atoms with van der Waals surface area (Å²) in [7, 11) is 0. The van der Waals surface area contributed by atoms with Gasteiger partial charge in [-0.1, -0.05) is 30.3 Å². The van der Waals surface area contributed by atoms with Crippen molar-refractivity contribution in [2.24, 2.45) is 0 Å². The van der Waals surface area contributed by atoms with Gasteiger partial charge in [0.15, 0.2) is 0 Å². The summed E-state index contributed by atoms with van der Waals surface area (Å²) in [5, 5.41) is 4.31. The third kappa shape index (κ3) is 2.06. The summed E-state index contributed by atoms with van der Waals surface area (Å²) in [6.07, 6.45) is 0. The van der Waals surface area contributed by atoms with Crippen LogP contribution in [0, 0.1) is 6.92 Å². The Morgan fingerprint density at radius 2 is 1.43 bits per heavy atom. The first-order valence-corrected chi connectivity index (χ1v) is 9.66. The molecule has 0 unspecified atom stereocenters. The predicted molar refractivity (Wildman–Crippen MR) is 121 cm³/mol. The fourth-order valence-electron chi connectivity index (χ4n) is 4.36. The lowest BCUT2D eigenvalue weighted by atomic mass is 9.96. The van der Waals surface area contributed by atoms with Gasteiger partial charge in [0.1, 0.15) is 11.2 Å². The molecule has 2 heterocycles. The van der Waals surface area contributed by atoms with Crippen molar-refractivity contribution >= 4 is 49.2 Å². The van der Waals surface area contributed by atoms with Gasteiger partial charge >= 0.3 is 0 Å². The van der Waals surface area contributed by atoms with Crippen LogP contribution in [0.15, 0.2) is 80.7 Å². The predicted octanol–water partition coefficient (Wildman–Crippen LogP) is 4.73. The second-order valence-corrected chi connectivity index (χ2v) is 7.61. The molecule has 0 aliphatic heterocycles. The van der Waals surface area contributed by atoms with E-state index in [1.165, 1.54) is 4.57 Å². The average Bonchev–Trinajstić information content (AvgIpc) is 2.76. The zero-order valence-corrected chi connectivity index (χ0v) is 16.1. The van der Waals surface area contributed by atoms with Crippen LogP contribution in [0.3, 0.4) is 0 Å². The maximum atomic E-state index is 13.4. The number of aryl methyl sites for hydroxylation is 1. The van der Waals surface area contributed by atoms with Crippen LogP contribution in [-0.4, -0.2) is 4.57 Å². The van der Waals surface area contributed by atoms with Crippen LogP contribution in [-0.2, 0) is 0 Å². The van der Waals surface area contributed by atoms with Gasteiger partial charge in [0.25, 0.3) is 11.1 Å². The molecular weight excluding hydrogens is 376 g/mol. The Morgan fingerprint density at radius 3 is 2.20 bits per heavy atom. The van der Waals surface area contributed by atoms with Crippen LogP contribution in [0.2, 0.25) is 0 Å². The number of anilines is 1. The van der Waals surface area contributed by atoms with Gasteiger partial charge in [0, 0.05) is 32.6 Å². The molecule has 0 saturated heterocycles. The van der Waals surface area contributed by atoms with E-state index < -0.39 is 0 Å². The molecule has 0 aliphatic rings. The smallest absolute Gasteiger partial charge is 0.265 e. The first kappa shape index (κ1) is 16.8. The second-order valence-electron chi connectivity index (χ2n) is 7.61. The van der Waals surface area contributed by atoms with Crippen molar-refractivity contribution in [3.8, 4) is 5.69 Å². The molecule has 0 spiro atoms. The van der Waals surface area contributed by atoms with E-state index >= 15 is 0 Å². The lowest BCUT2D eigenvalue weighted by Crippen LogP contribution is -2.32. The van der Waals surface area contributed by atoms with Crippen molar-refractivity contribution in [3.63, 3.8) is 0 Å². The summed E-state index contributed by atoms with van der Waals surface area (Å²) in [6.45, 7) is 1.88. The molecule has 0 bridgehead atoms. The van der Waals surface area contributed by atoms with Gasteiger partial charge in [-0.3, -0.25) is 9.59 Å². The SMILES string of the molecule is Cc1ccc(-n2c(=O)c3ccc4oc5ccccc5c5ccc(c2=O)c3c45)cc1N. The number of fused-ring (bicyclic) bond motifs is 2. The summed E-state index contributed by atoms with van der Waals surface area (Å²) in [4.78, 5) is 26.8. The van der Waals surface area contributed by atoms with Gasteiger partial charge in [-0.05, 0) is 54.3 Å². The number of benzene rings is 4. The highest BCUT2D eigenvalue weighted by Crippen LogP contribution is 2.36. The quantitative estimate of drug-likeness (QED) is 0.249. The maximum absolute atomic E-state index is 13.4. The van der Waals surface area contributed by atoms with E-state index in [1.54, 1.807) is 30.3 Å². The number of para-hydroxylation sites is 1. The largest absolute Gasteiger partial charge is 0.456 e. The summed E-state index contributed by atoms with van der Waals surface area (Å²) in [6, 6.07) is 20.3. The fraction of sp³-hybridized carbons (Fsp3) is 0.0400. The van der Waals surface area contributed by atoms with E-state index in [1.807, 2.05) is 43.3 Å². The number of pyridine rings is 1. The van der Waals surface area contributed by atoms with Gasteiger partial charge in [0.2, 0.25) is 0 Å². The van der Waals surface area contributed by atoms with E-state index in [9.17, 15) is 9.59 Å². The van der Waals surface area contributed by atoms with E-state index in [4.69, 9.17) is 10.2 Å². The minimum Gasteiger partial charge on any atom is -0.456 e. The molecule has 5 nitrogen and oxygen atoms in total. The molecule has 0 saturated carbocycles. The highest BCUT2D eigenvalue weighted by molar-refractivity contribution is 6.26. The van der Waals surface area contributed by atoms with E-state index in [0.29, 0.717) is 33.1 Å². The lowest BCUT2D eigenvalue weighted by Gasteiger charge is -2.14. The normalized spacial score (nSPS) is 11.9. The number of nitrogens with two attached hydrogens (primary N) is 1. The molecule has 144 valence electrons. The second kappa shape index (κ2) is 5.70. The molecule has 0 radical (unpaired) electrons. The highest BCUT2D eigenvalue weighted by atomic mass is 16.3. The van der Waals surface area contributed by atoms with Gasteiger partial charge in [-0.15, -0.1) is 0 Å². The number of rotatable bonds is 1. The Labute approximate surface area is 169 Å². The summed E-state index contributed by atoms with van der Waals surface area (Å²) < 4.78 is 7.29. The third-order valence-electron chi connectivity index (χ3n) is 5.91. The van der Waals surface area contributed by atoms with E-state index in [-0.39, 0.29) is 11.1 Å². The monoisotopic (exact) mass is 392 g/mol. The Bertz CT molecular complexity index is 1730. The van der Waals surface area contributed by atoms with Crippen LogP contribution in [0.25, 0.3) is 49.2 Å². The van der Waals surface area contributed by atoms with Crippen molar-refractivity contribution in [3.05, 3.63) is 93.0 Å². The molecule has 5 heteroatoms. The minimum atomic E-state index is -0.363. The first-order chi connectivity index (χ1) is 14.5. The Balaban J connectivity index is 1.84. The molecule has 6 rings (SSSR count). The molecule has 0 fully saturated rings. The van der Waals surface area contributed by atoms with Gasteiger partial charge in [-0.25, -0.2) is 4.57 Å².